The van der Waals surface area contributed by atoms with Gasteiger partial charge in [0.15, 0.2) is 0 Å². The lowest BCUT2D eigenvalue weighted by molar-refractivity contribution is 0.0730. The van der Waals surface area contributed by atoms with E-state index in [2.05, 4.69) is 15.2 Å². The number of hydrogen-bond donors (Lipinski definition) is 1. The standard InChI is InChI=1S/C20H23ClN4O4S/c21-19-13-15(5-6-22-19)20(26)23-17-14-16(3-4-18(17)24-7-1-2-8-24)30(27,28)25-9-11-29-12-10-25/h3-6,13-14H,1-2,7-12H2,(H,23,26). The highest BCUT2D eigenvalue weighted by Gasteiger charge is 2.28. The van der Waals surface area contributed by atoms with E-state index in [1.165, 1.54) is 16.6 Å². The number of halogens is 1. The van der Waals surface area contributed by atoms with Crippen molar-refractivity contribution in [3.63, 3.8) is 0 Å². The number of aromatic nitrogens is 1. The van der Waals surface area contributed by atoms with E-state index in [-0.39, 0.29) is 16.0 Å². The quantitative estimate of drug-likeness (QED) is 0.704. The third kappa shape index (κ3) is 4.44. The van der Waals surface area contributed by atoms with Gasteiger partial charge in [-0.1, -0.05) is 11.6 Å². The molecule has 0 atom stereocenters. The zero-order chi connectivity index (χ0) is 21.1. The van der Waals surface area contributed by atoms with Crippen molar-refractivity contribution in [2.75, 3.05) is 49.6 Å². The van der Waals surface area contributed by atoms with E-state index in [0.717, 1.165) is 31.6 Å². The van der Waals surface area contributed by atoms with Crippen LogP contribution in [0.3, 0.4) is 0 Å². The minimum Gasteiger partial charge on any atom is -0.379 e. The van der Waals surface area contributed by atoms with Gasteiger partial charge in [0.1, 0.15) is 5.15 Å². The van der Waals surface area contributed by atoms with Crippen LogP contribution in [-0.4, -0.2) is 63.0 Å². The van der Waals surface area contributed by atoms with Crippen LogP contribution in [0.15, 0.2) is 41.4 Å². The lowest BCUT2D eigenvalue weighted by Crippen LogP contribution is -2.40. The minimum absolute atomic E-state index is 0.149. The van der Waals surface area contributed by atoms with Crippen LogP contribution in [0.1, 0.15) is 23.2 Å². The first-order valence-corrected chi connectivity index (χ1v) is 11.7. The van der Waals surface area contributed by atoms with Crippen LogP contribution < -0.4 is 10.2 Å². The zero-order valence-electron chi connectivity index (χ0n) is 16.4. The summed E-state index contributed by atoms with van der Waals surface area (Å²) < 4.78 is 32.9. The molecule has 0 bridgehead atoms. The molecule has 2 aliphatic heterocycles. The molecule has 2 aliphatic rings. The number of amides is 1. The Morgan fingerprint density at radius 2 is 1.80 bits per heavy atom. The Bertz CT molecular complexity index is 1030. The number of morpholine rings is 1. The molecular weight excluding hydrogens is 428 g/mol. The number of sulfonamides is 1. The van der Waals surface area contributed by atoms with Crippen molar-refractivity contribution < 1.29 is 17.9 Å². The summed E-state index contributed by atoms with van der Waals surface area (Å²) >= 11 is 5.90. The highest BCUT2D eigenvalue weighted by molar-refractivity contribution is 7.89. The van der Waals surface area contributed by atoms with E-state index in [0.29, 0.717) is 37.6 Å². The fourth-order valence-corrected chi connectivity index (χ4v) is 5.29. The molecule has 0 unspecified atom stereocenters. The molecule has 30 heavy (non-hydrogen) atoms. The molecule has 2 saturated heterocycles. The van der Waals surface area contributed by atoms with Crippen LogP contribution in [0.2, 0.25) is 5.15 Å². The maximum atomic E-state index is 13.1. The van der Waals surface area contributed by atoms with E-state index >= 15 is 0 Å². The summed E-state index contributed by atoms with van der Waals surface area (Å²) in [7, 11) is -3.68. The number of carbonyl (C=O) groups excluding carboxylic acids is 1. The molecule has 2 aromatic rings. The first-order chi connectivity index (χ1) is 14.4. The summed E-state index contributed by atoms with van der Waals surface area (Å²) in [6.07, 6.45) is 3.57. The predicted octanol–water partition coefficient (Wildman–Crippen LogP) is 2.61. The second kappa shape index (κ2) is 8.89. The van der Waals surface area contributed by atoms with Crippen molar-refractivity contribution in [3.05, 3.63) is 47.2 Å². The Hall–Kier alpha value is -2.20. The second-order valence-electron chi connectivity index (χ2n) is 7.21. The molecule has 4 rings (SSSR count). The fraction of sp³-hybridized carbons (Fsp3) is 0.400. The number of rotatable bonds is 5. The van der Waals surface area contributed by atoms with Gasteiger partial charge in [-0.15, -0.1) is 0 Å². The fourth-order valence-electron chi connectivity index (χ4n) is 3.68. The molecule has 0 spiro atoms. The van der Waals surface area contributed by atoms with Crippen molar-refractivity contribution in [1.82, 2.24) is 9.29 Å². The topological polar surface area (TPSA) is 91.8 Å². The molecule has 8 nitrogen and oxygen atoms in total. The van der Waals surface area contributed by atoms with E-state index in [1.807, 2.05) is 0 Å². The van der Waals surface area contributed by atoms with Gasteiger partial charge >= 0.3 is 0 Å². The third-order valence-electron chi connectivity index (χ3n) is 5.26. The van der Waals surface area contributed by atoms with Crippen molar-refractivity contribution in [3.8, 4) is 0 Å². The lowest BCUT2D eigenvalue weighted by atomic mass is 10.2. The molecular formula is C20H23ClN4O4S. The van der Waals surface area contributed by atoms with Gasteiger partial charge in [-0.3, -0.25) is 4.79 Å². The number of carbonyl (C=O) groups is 1. The summed E-state index contributed by atoms with van der Waals surface area (Å²) in [6, 6.07) is 7.95. The monoisotopic (exact) mass is 450 g/mol. The predicted molar refractivity (Wildman–Crippen MR) is 115 cm³/mol. The number of nitrogens with one attached hydrogen (secondary N) is 1. The van der Waals surface area contributed by atoms with Gasteiger partial charge in [0.05, 0.1) is 29.5 Å². The van der Waals surface area contributed by atoms with Gasteiger partial charge in [0.2, 0.25) is 10.0 Å². The third-order valence-corrected chi connectivity index (χ3v) is 7.36. The number of anilines is 2. The molecule has 1 aromatic carbocycles. The van der Waals surface area contributed by atoms with Gasteiger partial charge in [0, 0.05) is 37.9 Å². The molecule has 1 N–H and O–H groups in total. The molecule has 2 fully saturated rings. The van der Waals surface area contributed by atoms with Crippen LogP contribution in [0.4, 0.5) is 11.4 Å². The normalized spacial score (nSPS) is 17.8. The van der Waals surface area contributed by atoms with Crippen molar-refractivity contribution in [1.29, 1.82) is 0 Å². The van der Waals surface area contributed by atoms with Gasteiger partial charge in [0.25, 0.3) is 5.91 Å². The minimum atomic E-state index is -3.68. The van der Waals surface area contributed by atoms with Gasteiger partial charge in [-0.05, 0) is 43.2 Å². The summed E-state index contributed by atoms with van der Waals surface area (Å²) in [5, 5.41) is 3.09. The molecule has 160 valence electrons. The SMILES string of the molecule is O=C(Nc1cc(S(=O)(=O)N2CCOCC2)ccc1N1CCCC1)c1ccnc(Cl)c1. The summed E-state index contributed by atoms with van der Waals surface area (Å²) in [5.74, 6) is -0.374. The van der Waals surface area contributed by atoms with E-state index in [9.17, 15) is 13.2 Å². The molecule has 0 aliphatic carbocycles. The molecule has 3 heterocycles. The highest BCUT2D eigenvalue weighted by Crippen LogP contribution is 2.33. The van der Waals surface area contributed by atoms with Crippen molar-refractivity contribution in [2.24, 2.45) is 0 Å². The van der Waals surface area contributed by atoms with Crippen LogP contribution in [0.25, 0.3) is 0 Å². The first-order valence-electron chi connectivity index (χ1n) is 9.85. The maximum Gasteiger partial charge on any atom is 0.255 e. The smallest absolute Gasteiger partial charge is 0.255 e. The van der Waals surface area contributed by atoms with Crippen molar-refractivity contribution in [2.45, 2.75) is 17.7 Å². The Labute approximate surface area is 180 Å². The van der Waals surface area contributed by atoms with Gasteiger partial charge in [-0.25, -0.2) is 13.4 Å². The lowest BCUT2D eigenvalue weighted by Gasteiger charge is -2.27. The van der Waals surface area contributed by atoms with E-state index in [1.54, 1.807) is 24.3 Å². The first kappa shape index (κ1) is 21.0. The Kier molecular flexibility index (Phi) is 6.24. The molecule has 1 aromatic heterocycles. The Morgan fingerprint density at radius 3 is 2.50 bits per heavy atom. The van der Waals surface area contributed by atoms with E-state index in [4.69, 9.17) is 16.3 Å². The van der Waals surface area contributed by atoms with Crippen LogP contribution in [0, 0.1) is 0 Å². The zero-order valence-corrected chi connectivity index (χ0v) is 18.0. The Balaban J connectivity index is 1.68. The summed E-state index contributed by atoms with van der Waals surface area (Å²) in [6.45, 7) is 3.09. The number of pyridine rings is 1. The number of ether oxygens (including phenoxy) is 1. The van der Waals surface area contributed by atoms with Crippen LogP contribution >= 0.6 is 11.6 Å². The highest BCUT2D eigenvalue weighted by atomic mass is 35.5. The van der Waals surface area contributed by atoms with Crippen LogP contribution in [0.5, 0.6) is 0 Å². The largest absolute Gasteiger partial charge is 0.379 e. The number of nitrogens with zero attached hydrogens (tertiary/aromatic N) is 3. The van der Waals surface area contributed by atoms with Gasteiger partial charge in [-0.2, -0.15) is 4.31 Å². The number of benzene rings is 1. The molecule has 0 saturated carbocycles. The maximum absolute atomic E-state index is 13.1. The molecule has 1 amide bonds. The van der Waals surface area contributed by atoms with Crippen molar-refractivity contribution >= 4 is 38.9 Å². The molecule has 10 heteroatoms. The summed E-state index contributed by atoms with van der Waals surface area (Å²) in [4.78, 5) is 19.0. The van der Waals surface area contributed by atoms with Crippen LogP contribution in [-0.2, 0) is 14.8 Å². The summed E-state index contributed by atoms with van der Waals surface area (Å²) in [5.41, 5.74) is 1.62. The number of hydrogen-bond acceptors (Lipinski definition) is 6. The molecule has 0 radical (unpaired) electrons. The second-order valence-corrected chi connectivity index (χ2v) is 9.54. The Morgan fingerprint density at radius 1 is 1.07 bits per heavy atom. The average molecular weight is 451 g/mol. The van der Waals surface area contributed by atoms with Gasteiger partial charge < -0.3 is 15.0 Å². The average Bonchev–Trinajstić information content (AvgIpc) is 3.29. The van der Waals surface area contributed by atoms with E-state index < -0.39 is 10.0 Å².